The van der Waals surface area contributed by atoms with Gasteiger partial charge in [-0.05, 0) is 18.8 Å². The predicted octanol–water partition coefficient (Wildman–Crippen LogP) is -3.58. The first kappa shape index (κ1) is 30.5. The Labute approximate surface area is 196 Å². The third kappa shape index (κ3) is 11.4. The van der Waals surface area contributed by atoms with Gasteiger partial charge >= 0.3 is 11.9 Å². The molecule has 5 atom stereocenters. The first-order valence-electron chi connectivity index (χ1n) is 10.6. The molecule has 0 bridgehead atoms. The molecule has 0 radical (unpaired) electrons. The first-order valence-corrected chi connectivity index (χ1v) is 10.6. The summed E-state index contributed by atoms with van der Waals surface area (Å²) in [6.07, 6.45) is 0.00248. The fourth-order valence-electron chi connectivity index (χ4n) is 2.73. The molecule has 0 aromatic heterocycles. The average molecular weight is 490 g/mol. The van der Waals surface area contributed by atoms with Crippen molar-refractivity contribution in [2.45, 2.75) is 63.7 Å². The Kier molecular flexibility index (Phi) is 13.8. The number of nitrogens with one attached hydrogen (secondary N) is 3. The quantitative estimate of drug-likeness (QED) is 0.0580. The molecule has 34 heavy (non-hydrogen) atoms. The Balaban J connectivity index is 5.25. The van der Waals surface area contributed by atoms with Crippen molar-refractivity contribution in [3.8, 4) is 0 Å². The van der Waals surface area contributed by atoms with Gasteiger partial charge in [0.05, 0.1) is 19.1 Å². The Morgan fingerprint density at radius 2 is 1.53 bits per heavy atom. The maximum absolute atomic E-state index is 12.8. The molecule has 0 aliphatic heterocycles. The molecule has 194 valence electrons. The fourth-order valence-corrected chi connectivity index (χ4v) is 2.73. The zero-order valence-electron chi connectivity index (χ0n) is 19.2. The van der Waals surface area contributed by atoms with Crippen molar-refractivity contribution in [2.24, 2.45) is 28.1 Å². The third-order valence-electron chi connectivity index (χ3n) is 4.90. The average Bonchev–Trinajstić information content (AvgIpc) is 2.75. The second-order valence-electron chi connectivity index (χ2n) is 7.67. The number of aliphatic imine (C=N–C) groups is 1. The summed E-state index contributed by atoms with van der Waals surface area (Å²) < 4.78 is 0. The lowest BCUT2D eigenvalue weighted by molar-refractivity contribution is -0.142. The van der Waals surface area contributed by atoms with Gasteiger partial charge in [0.25, 0.3) is 0 Å². The van der Waals surface area contributed by atoms with Crippen molar-refractivity contribution >= 4 is 35.6 Å². The Morgan fingerprint density at radius 3 is 2.00 bits per heavy atom. The van der Waals surface area contributed by atoms with Crippen LogP contribution in [-0.4, -0.2) is 88.3 Å². The number of aliphatic carboxylic acids is 2. The number of carboxylic acid groups (broad SMARTS) is 2. The number of carboxylic acids is 2. The van der Waals surface area contributed by atoms with Crippen molar-refractivity contribution in [3.05, 3.63) is 0 Å². The van der Waals surface area contributed by atoms with E-state index in [1.165, 1.54) is 0 Å². The maximum atomic E-state index is 12.8. The second-order valence-corrected chi connectivity index (χ2v) is 7.67. The highest BCUT2D eigenvalue weighted by Gasteiger charge is 2.32. The predicted molar refractivity (Wildman–Crippen MR) is 120 cm³/mol. The van der Waals surface area contributed by atoms with E-state index in [1.807, 2.05) is 0 Å². The van der Waals surface area contributed by atoms with Gasteiger partial charge in [-0.25, -0.2) is 4.79 Å². The third-order valence-corrected chi connectivity index (χ3v) is 4.90. The standard InChI is InChI=1S/C19H35N7O8/c1-3-9(2)14(26-15(30)10(20)7-13(28)29)17(32)25-12(8-27)16(31)24-11(18(33)34)5-4-6-23-19(21)22/h9-12,14,27H,3-8,20H2,1-2H3,(H,24,31)(H,25,32)(H,26,30)(H,28,29)(H,33,34)(H4,21,22,23). The van der Waals surface area contributed by atoms with E-state index in [9.17, 15) is 34.2 Å². The van der Waals surface area contributed by atoms with Gasteiger partial charge in [0.1, 0.15) is 18.1 Å². The highest BCUT2D eigenvalue weighted by atomic mass is 16.4. The van der Waals surface area contributed by atoms with Crippen LogP contribution in [0.3, 0.4) is 0 Å². The minimum absolute atomic E-state index is 0.0169. The van der Waals surface area contributed by atoms with Crippen LogP contribution in [0.25, 0.3) is 0 Å². The first-order chi connectivity index (χ1) is 15.8. The van der Waals surface area contributed by atoms with Crippen LogP contribution in [0.4, 0.5) is 0 Å². The number of carbonyl (C=O) groups is 5. The molecule has 0 saturated heterocycles. The SMILES string of the molecule is CCC(C)C(NC(=O)C(N)CC(=O)O)C(=O)NC(CO)C(=O)NC(CCCN=C(N)N)C(=O)O. The van der Waals surface area contributed by atoms with Crippen LogP contribution in [0, 0.1) is 5.92 Å². The van der Waals surface area contributed by atoms with Crippen LogP contribution in [0.15, 0.2) is 4.99 Å². The number of amides is 3. The maximum Gasteiger partial charge on any atom is 0.326 e. The van der Waals surface area contributed by atoms with Gasteiger partial charge in [0.2, 0.25) is 17.7 Å². The summed E-state index contributed by atoms with van der Waals surface area (Å²) >= 11 is 0. The largest absolute Gasteiger partial charge is 0.481 e. The molecule has 15 heteroatoms. The van der Waals surface area contributed by atoms with Crippen molar-refractivity contribution < 1.29 is 39.3 Å². The number of hydrogen-bond acceptors (Lipinski definition) is 8. The van der Waals surface area contributed by atoms with Gasteiger partial charge in [0.15, 0.2) is 5.96 Å². The van der Waals surface area contributed by atoms with E-state index in [0.29, 0.717) is 6.42 Å². The summed E-state index contributed by atoms with van der Waals surface area (Å²) in [5.41, 5.74) is 15.9. The molecule has 0 heterocycles. The Hall–Kier alpha value is -3.46. The van der Waals surface area contributed by atoms with E-state index >= 15 is 0 Å². The highest BCUT2D eigenvalue weighted by molar-refractivity contribution is 5.94. The molecule has 0 aliphatic rings. The molecular formula is C19H35N7O8. The molecule has 0 fully saturated rings. The second kappa shape index (κ2) is 15.4. The monoisotopic (exact) mass is 489 g/mol. The molecule has 0 aromatic carbocycles. The summed E-state index contributed by atoms with van der Waals surface area (Å²) in [6, 6.07) is -5.42. The topological polar surface area (TPSA) is 273 Å². The van der Waals surface area contributed by atoms with E-state index in [2.05, 4.69) is 20.9 Å². The van der Waals surface area contributed by atoms with Crippen LogP contribution in [0.5, 0.6) is 0 Å². The molecule has 0 saturated carbocycles. The number of aliphatic hydroxyl groups is 1. The van der Waals surface area contributed by atoms with Crippen LogP contribution in [0.2, 0.25) is 0 Å². The van der Waals surface area contributed by atoms with Crippen LogP contribution >= 0.6 is 0 Å². The molecule has 0 aliphatic carbocycles. The number of hydrogen-bond donors (Lipinski definition) is 9. The number of nitrogens with zero attached hydrogens (tertiary/aromatic N) is 1. The zero-order chi connectivity index (χ0) is 26.4. The number of aliphatic hydroxyl groups excluding tert-OH is 1. The molecule has 5 unspecified atom stereocenters. The normalized spacial score (nSPS) is 15.1. The van der Waals surface area contributed by atoms with Crippen molar-refractivity contribution in [1.82, 2.24) is 16.0 Å². The Bertz CT molecular complexity index is 757. The smallest absolute Gasteiger partial charge is 0.326 e. The molecule has 0 rings (SSSR count). The minimum atomic E-state index is -1.51. The van der Waals surface area contributed by atoms with E-state index < -0.39 is 72.8 Å². The highest BCUT2D eigenvalue weighted by Crippen LogP contribution is 2.09. The summed E-state index contributed by atoms with van der Waals surface area (Å²) in [5.74, 6) is -5.90. The fraction of sp³-hybridized carbons (Fsp3) is 0.684. The Morgan fingerprint density at radius 1 is 0.941 bits per heavy atom. The van der Waals surface area contributed by atoms with Gasteiger partial charge in [-0.1, -0.05) is 20.3 Å². The summed E-state index contributed by atoms with van der Waals surface area (Å²) in [5, 5.41) is 34.5. The van der Waals surface area contributed by atoms with Gasteiger partial charge in [-0.15, -0.1) is 0 Å². The minimum Gasteiger partial charge on any atom is -0.481 e. The number of rotatable bonds is 16. The van der Waals surface area contributed by atoms with E-state index in [0.717, 1.165) is 0 Å². The molecular weight excluding hydrogens is 454 g/mol. The number of nitrogens with two attached hydrogens (primary N) is 3. The van der Waals surface area contributed by atoms with E-state index in [4.69, 9.17) is 22.3 Å². The number of carbonyl (C=O) groups excluding carboxylic acids is 3. The summed E-state index contributed by atoms with van der Waals surface area (Å²) in [7, 11) is 0. The molecule has 15 nitrogen and oxygen atoms in total. The summed E-state index contributed by atoms with van der Waals surface area (Å²) in [4.78, 5) is 63.4. The van der Waals surface area contributed by atoms with Crippen molar-refractivity contribution in [2.75, 3.05) is 13.2 Å². The van der Waals surface area contributed by atoms with Gasteiger partial charge in [-0.2, -0.15) is 0 Å². The molecule has 12 N–H and O–H groups in total. The van der Waals surface area contributed by atoms with Crippen LogP contribution < -0.4 is 33.2 Å². The van der Waals surface area contributed by atoms with Crippen LogP contribution in [0.1, 0.15) is 39.5 Å². The summed E-state index contributed by atoms with van der Waals surface area (Å²) in [6.45, 7) is 2.67. The van der Waals surface area contributed by atoms with Crippen molar-refractivity contribution in [1.29, 1.82) is 0 Å². The van der Waals surface area contributed by atoms with Crippen LogP contribution in [-0.2, 0) is 24.0 Å². The lowest BCUT2D eigenvalue weighted by atomic mass is 9.97. The number of guanidine groups is 1. The van der Waals surface area contributed by atoms with Gasteiger partial charge < -0.3 is 48.5 Å². The molecule has 3 amide bonds. The lowest BCUT2D eigenvalue weighted by Crippen LogP contribution is -2.59. The van der Waals surface area contributed by atoms with E-state index in [-0.39, 0.29) is 25.3 Å². The molecule has 0 spiro atoms. The van der Waals surface area contributed by atoms with Crippen molar-refractivity contribution in [3.63, 3.8) is 0 Å². The zero-order valence-corrected chi connectivity index (χ0v) is 19.2. The molecule has 0 aromatic rings. The van der Waals surface area contributed by atoms with E-state index in [1.54, 1.807) is 13.8 Å². The van der Waals surface area contributed by atoms with Gasteiger partial charge in [0, 0.05) is 6.54 Å². The van der Waals surface area contributed by atoms with Gasteiger partial charge in [-0.3, -0.25) is 24.2 Å². The lowest BCUT2D eigenvalue weighted by Gasteiger charge is -2.27.